The van der Waals surface area contributed by atoms with Gasteiger partial charge in [-0.05, 0) is 54.8 Å². The number of carbonyl (C=O) groups excluding carboxylic acids is 1. The second-order valence-corrected chi connectivity index (χ2v) is 11.0. The van der Waals surface area contributed by atoms with Crippen LogP contribution in [-0.2, 0) is 26.0 Å². The standard InChI is InChI=1S/C29H32N4O5S/c1-37-27-11-5-4-10-25(27)32-39(35,36)28-19-22(13-14-26(28)33-15-17-38-18-16-33)31-29(34)12-6-7-21-20-30-24-9-3-2-8-23(21)24/h2-5,8-11,13-14,19-20,30,32H,6-7,12,15-18H2,1H3,(H,31,34). The van der Waals surface area contributed by atoms with Crippen molar-refractivity contribution in [2.75, 3.05) is 48.4 Å². The number of hydrogen-bond donors (Lipinski definition) is 3. The maximum atomic E-state index is 13.6. The molecule has 39 heavy (non-hydrogen) atoms. The first-order valence-corrected chi connectivity index (χ1v) is 14.4. The predicted octanol–water partition coefficient (Wildman–Crippen LogP) is 4.78. The minimum Gasteiger partial charge on any atom is -0.495 e. The number of nitrogens with zero attached hydrogens (tertiary/aromatic N) is 1. The number of anilines is 3. The number of fused-ring (bicyclic) bond motifs is 1. The Morgan fingerprint density at radius 3 is 2.64 bits per heavy atom. The van der Waals surface area contributed by atoms with E-state index in [9.17, 15) is 13.2 Å². The number of aromatic amines is 1. The van der Waals surface area contributed by atoms with Gasteiger partial charge in [0.2, 0.25) is 5.91 Å². The molecule has 0 spiro atoms. The second-order valence-electron chi connectivity index (χ2n) is 9.35. The molecule has 0 radical (unpaired) electrons. The Hall–Kier alpha value is -4.02. The summed E-state index contributed by atoms with van der Waals surface area (Å²) in [7, 11) is -2.53. The quantitative estimate of drug-likeness (QED) is 0.263. The molecule has 1 saturated heterocycles. The van der Waals surface area contributed by atoms with Gasteiger partial charge in [0.15, 0.2) is 0 Å². The highest BCUT2D eigenvalue weighted by Crippen LogP contribution is 2.33. The first-order valence-electron chi connectivity index (χ1n) is 12.9. The van der Waals surface area contributed by atoms with Crippen LogP contribution in [0.15, 0.2) is 77.8 Å². The van der Waals surface area contributed by atoms with Crippen molar-refractivity contribution in [1.29, 1.82) is 0 Å². The zero-order valence-electron chi connectivity index (χ0n) is 21.8. The van der Waals surface area contributed by atoms with Crippen LogP contribution in [0.3, 0.4) is 0 Å². The molecule has 1 fully saturated rings. The van der Waals surface area contributed by atoms with Crippen LogP contribution in [-0.4, -0.2) is 52.7 Å². The molecule has 5 rings (SSSR count). The molecular formula is C29H32N4O5S. The summed E-state index contributed by atoms with van der Waals surface area (Å²) >= 11 is 0. The molecule has 4 aromatic rings. The minimum absolute atomic E-state index is 0.0758. The van der Waals surface area contributed by atoms with Crippen LogP contribution in [0, 0.1) is 0 Å². The SMILES string of the molecule is COc1ccccc1NS(=O)(=O)c1cc(NC(=O)CCCc2c[nH]c3ccccc23)ccc1N1CCOCC1. The average molecular weight is 549 g/mol. The molecule has 0 atom stereocenters. The predicted molar refractivity (Wildman–Crippen MR) is 153 cm³/mol. The largest absolute Gasteiger partial charge is 0.495 e. The van der Waals surface area contributed by atoms with E-state index in [-0.39, 0.29) is 10.8 Å². The normalized spacial score (nSPS) is 13.8. The summed E-state index contributed by atoms with van der Waals surface area (Å²) < 4.78 is 40.7. The van der Waals surface area contributed by atoms with Gasteiger partial charge in [-0.25, -0.2) is 8.42 Å². The van der Waals surface area contributed by atoms with Crippen LogP contribution in [0.25, 0.3) is 10.9 Å². The molecule has 0 unspecified atom stereocenters. The van der Waals surface area contributed by atoms with E-state index in [1.165, 1.54) is 18.7 Å². The lowest BCUT2D eigenvalue weighted by molar-refractivity contribution is -0.116. The number of hydrogen-bond acceptors (Lipinski definition) is 6. The van der Waals surface area contributed by atoms with E-state index in [4.69, 9.17) is 9.47 Å². The summed E-state index contributed by atoms with van der Waals surface area (Å²) in [6.07, 6.45) is 3.72. The molecule has 3 aromatic carbocycles. The third kappa shape index (κ3) is 6.18. The zero-order chi connectivity index (χ0) is 27.2. The summed E-state index contributed by atoms with van der Waals surface area (Å²) in [5.41, 5.74) is 3.55. The van der Waals surface area contributed by atoms with Gasteiger partial charge in [-0.2, -0.15) is 0 Å². The lowest BCUT2D eigenvalue weighted by atomic mass is 10.1. The Morgan fingerprint density at radius 2 is 1.82 bits per heavy atom. The Labute approximate surface area is 228 Å². The lowest BCUT2D eigenvalue weighted by Crippen LogP contribution is -2.37. The van der Waals surface area contributed by atoms with Crippen molar-refractivity contribution in [2.24, 2.45) is 0 Å². The van der Waals surface area contributed by atoms with E-state index >= 15 is 0 Å². The van der Waals surface area contributed by atoms with Crippen LogP contribution in [0.2, 0.25) is 0 Å². The number of para-hydroxylation sites is 3. The maximum absolute atomic E-state index is 13.6. The fourth-order valence-corrected chi connectivity index (χ4v) is 6.13. The van der Waals surface area contributed by atoms with E-state index in [2.05, 4.69) is 21.1 Å². The highest BCUT2D eigenvalue weighted by molar-refractivity contribution is 7.93. The molecular weight excluding hydrogens is 516 g/mol. The van der Waals surface area contributed by atoms with Crippen LogP contribution < -0.4 is 19.7 Å². The summed E-state index contributed by atoms with van der Waals surface area (Å²) in [6.45, 7) is 2.15. The Kier molecular flexibility index (Phi) is 8.04. The molecule has 1 amide bonds. The average Bonchev–Trinajstić information content (AvgIpc) is 3.36. The lowest BCUT2D eigenvalue weighted by Gasteiger charge is -2.30. The number of methoxy groups -OCH3 is 1. The molecule has 10 heteroatoms. The number of aromatic nitrogens is 1. The number of rotatable bonds is 10. The number of morpholine rings is 1. The Morgan fingerprint density at radius 1 is 1.05 bits per heavy atom. The number of sulfonamides is 1. The molecule has 9 nitrogen and oxygen atoms in total. The van der Waals surface area contributed by atoms with E-state index < -0.39 is 10.0 Å². The van der Waals surface area contributed by atoms with E-state index in [0.717, 1.165) is 17.3 Å². The van der Waals surface area contributed by atoms with Crippen molar-refractivity contribution < 1.29 is 22.7 Å². The Bertz CT molecular complexity index is 1560. The number of amides is 1. The number of ether oxygens (including phenoxy) is 2. The van der Waals surface area contributed by atoms with Gasteiger partial charge >= 0.3 is 0 Å². The van der Waals surface area contributed by atoms with Crippen molar-refractivity contribution in [2.45, 2.75) is 24.2 Å². The third-order valence-corrected chi connectivity index (χ3v) is 8.16. The van der Waals surface area contributed by atoms with Crippen molar-refractivity contribution in [3.63, 3.8) is 0 Å². The van der Waals surface area contributed by atoms with Gasteiger partial charge in [0.25, 0.3) is 10.0 Å². The third-order valence-electron chi connectivity index (χ3n) is 6.76. The van der Waals surface area contributed by atoms with Crippen molar-refractivity contribution in [3.8, 4) is 5.75 Å². The number of nitrogens with one attached hydrogen (secondary N) is 3. The number of aryl methyl sites for hydroxylation is 1. The summed E-state index contributed by atoms with van der Waals surface area (Å²) in [5.74, 6) is 0.239. The van der Waals surface area contributed by atoms with Crippen LogP contribution >= 0.6 is 0 Å². The van der Waals surface area contributed by atoms with Crippen LogP contribution in [0.4, 0.5) is 17.1 Å². The summed E-state index contributed by atoms with van der Waals surface area (Å²) in [4.78, 5) is 18.1. The smallest absolute Gasteiger partial charge is 0.264 e. The van der Waals surface area contributed by atoms with Gasteiger partial charge in [0.1, 0.15) is 10.6 Å². The topological polar surface area (TPSA) is 113 Å². The first kappa shape index (κ1) is 26.6. The minimum atomic E-state index is -4.02. The molecule has 0 bridgehead atoms. The molecule has 204 valence electrons. The van der Waals surface area contributed by atoms with E-state index in [1.807, 2.05) is 29.3 Å². The van der Waals surface area contributed by atoms with Gasteiger partial charge < -0.3 is 24.7 Å². The molecule has 1 aliphatic heterocycles. The van der Waals surface area contributed by atoms with E-state index in [1.54, 1.807) is 36.4 Å². The van der Waals surface area contributed by atoms with Gasteiger partial charge in [0.05, 0.1) is 31.7 Å². The fraction of sp³-hybridized carbons (Fsp3) is 0.276. The van der Waals surface area contributed by atoms with Gasteiger partial charge in [-0.15, -0.1) is 0 Å². The summed E-state index contributed by atoms with van der Waals surface area (Å²) in [6, 6.07) is 19.9. The van der Waals surface area contributed by atoms with Crippen molar-refractivity contribution in [1.82, 2.24) is 4.98 Å². The summed E-state index contributed by atoms with van der Waals surface area (Å²) in [5, 5.41) is 4.04. The maximum Gasteiger partial charge on any atom is 0.264 e. The van der Waals surface area contributed by atoms with Crippen molar-refractivity contribution in [3.05, 3.63) is 78.5 Å². The monoisotopic (exact) mass is 548 g/mol. The number of H-pyrrole nitrogens is 1. The molecule has 0 saturated carbocycles. The zero-order valence-corrected chi connectivity index (χ0v) is 22.6. The molecule has 1 aromatic heterocycles. The molecule has 1 aliphatic rings. The van der Waals surface area contributed by atoms with Crippen molar-refractivity contribution >= 4 is 43.9 Å². The van der Waals surface area contributed by atoms with Crippen LogP contribution in [0.1, 0.15) is 18.4 Å². The molecule has 0 aliphatic carbocycles. The van der Waals surface area contributed by atoms with Gasteiger partial charge in [-0.1, -0.05) is 30.3 Å². The second kappa shape index (κ2) is 11.8. The number of benzene rings is 3. The highest BCUT2D eigenvalue weighted by Gasteiger charge is 2.25. The van der Waals surface area contributed by atoms with Gasteiger partial charge in [0, 0.05) is 42.3 Å². The highest BCUT2D eigenvalue weighted by atomic mass is 32.2. The first-order chi connectivity index (χ1) is 18.9. The van der Waals surface area contributed by atoms with Crippen LogP contribution in [0.5, 0.6) is 5.75 Å². The Balaban J connectivity index is 1.33. The molecule has 2 heterocycles. The fourth-order valence-electron chi connectivity index (χ4n) is 4.80. The van der Waals surface area contributed by atoms with E-state index in [0.29, 0.717) is 62.0 Å². The van der Waals surface area contributed by atoms with Gasteiger partial charge in [-0.3, -0.25) is 9.52 Å². The number of carbonyl (C=O) groups is 1. The molecule has 3 N–H and O–H groups in total.